The first kappa shape index (κ1) is 10.4. The zero-order valence-electron chi connectivity index (χ0n) is 5.84. The number of carboxylic acids is 1. The molecule has 0 rings (SSSR count). The van der Waals surface area contributed by atoms with Crippen LogP contribution in [-0.2, 0) is 4.79 Å². The Bertz CT molecular complexity index is 125. The fourth-order valence-electron chi connectivity index (χ4n) is 0.474. The Hall–Kier alpha value is 0.430. The maximum absolute atomic E-state index is 10.4. The monoisotopic (exact) mass is 272 g/mol. The second-order valence-corrected chi connectivity index (χ2v) is 4.47. The molecular weight excluding hydrogens is 264 g/mol. The first-order chi connectivity index (χ1) is 4.46. The smallest absolute Gasteiger partial charge is 0.318 e. The van der Waals surface area contributed by atoms with Gasteiger partial charge < -0.3 is 5.11 Å². The van der Waals surface area contributed by atoms with E-state index in [2.05, 4.69) is 31.9 Å². The van der Waals surface area contributed by atoms with E-state index in [-0.39, 0.29) is 4.83 Å². The van der Waals surface area contributed by atoms with Crippen molar-refractivity contribution in [1.29, 1.82) is 0 Å². The van der Waals surface area contributed by atoms with E-state index in [0.29, 0.717) is 5.92 Å². The summed E-state index contributed by atoms with van der Waals surface area (Å²) >= 11 is 6.34. The van der Waals surface area contributed by atoms with Crippen LogP contribution >= 0.6 is 31.9 Å². The predicted molar refractivity (Wildman–Crippen MR) is 47.9 cm³/mol. The quantitative estimate of drug-likeness (QED) is 0.801. The van der Waals surface area contributed by atoms with Gasteiger partial charge in [-0.1, -0.05) is 45.7 Å². The van der Waals surface area contributed by atoms with Gasteiger partial charge in [-0.2, -0.15) is 0 Å². The summed E-state index contributed by atoms with van der Waals surface area (Å²) in [6.07, 6.45) is 0. The summed E-state index contributed by atoms with van der Waals surface area (Å²) < 4.78 is 0. The Balaban J connectivity index is 3.94. The molecule has 60 valence electrons. The number of hydrogen-bond acceptors (Lipinski definition) is 1. The highest BCUT2D eigenvalue weighted by Crippen LogP contribution is 2.21. The number of carbonyl (C=O) groups is 1. The number of aliphatic carboxylic acids is 1. The summed E-state index contributed by atoms with van der Waals surface area (Å²) in [4.78, 5) is 9.87. The van der Waals surface area contributed by atoms with E-state index in [1.807, 2.05) is 13.8 Å². The lowest BCUT2D eigenvalue weighted by Crippen LogP contribution is -2.27. The largest absolute Gasteiger partial charge is 0.480 e. The standard InChI is InChI=1S/C6H10Br2O2/c1-3(2)4(7)5(8)6(9)10/h3-5H,1-2H3,(H,9,10). The first-order valence-electron chi connectivity index (χ1n) is 2.97. The highest BCUT2D eigenvalue weighted by molar-refractivity contribution is 9.12. The van der Waals surface area contributed by atoms with Crippen molar-refractivity contribution in [2.45, 2.75) is 23.5 Å². The van der Waals surface area contributed by atoms with E-state index in [0.717, 1.165) is 0 Å². The van der Waals surface area contributed by atoms with E-state index in [9.17, 15) is 4.79 Å². The maximum Gasteiger partial charge on any atom is 0.318 e. The van der Waals surface area contributed by atoms with E-state index < -0.39 is 10.8 Å². The summed E-state index contributed by atoms with van der Waals surface area (Å²) in [5, 5.41) is 8.52. The fraction of sp³-hybridized carbons (Fsp3) is 0.833. The number of halogens is 2. The SMILES string of the molecule is CC(C)C(Br)C(Br)C(=O)O. The Morgan fingerprint density at radius 2 is 1.80 bits per heavy atom. The molecule has 0 saturated carbocycles. The Kier molecular flexibility index (Phi) is 4.52. The minimum Gasteiger partial charge on any atom is -0.480 e. The first-order valence-corrected chi connectivity index (χ1v) is 4.81. The van der Waals surface area contributed by atoms with Gasteiger partial charge in [0.05, 0.1) is 0 Å². The number of hydrogen-bond donors (Lipinski definition) is 1. The third-order valence-electron chi connectivity index (χ3n) is 1.15. The third-order valence-corrected chi connectivity index (χ3v) is 4.41. The van der Waals surface area contributed by atoms with Gasteiger partial charge in [-0.25, -0.2) is 0 Å². The molecule has 0 fully saturated rings. The minimum atomic E-state index is -0.824. The fourth-order valence-corrected chi connectivity index (χ4v) is 1.31. The molecule has 0 amide bonds. The summed E-state index contributed by atoms with van der Waals surface area (Å²) in [7, 11) is 0. The molecule has 0 heterocycles. The Labute approximate surface area is 77.3 Å². The summed E-state index contributed by atoms with van der Waals surface area (Å²) in [5.41, 5.74) is 0. The number of carboxylic acid groups (broad SMARTS) is 1. The van der Waals surface area contributed by atoms with Gasteiger partial charge in [0.2, 0.25) is 0 Å². The second kappa shape index (κ2) is 4.34. The molecule has 2 nitrogen and oxygen atoms in total. The Morgan fingerprint density at radius 3 is 1.90 bits per heavy atom. The van der Waals surface area contributed by atoms with Crippen molar-refractivity contribution < 1.29 is 9.90 Å². The molecule has 4 heteroatoms. The molecular formula is C6H10Br2O2. The summed E-state index contributed by atoms with van der Waals surface area (Å²) in [6.45, 7) is 3.94. The molecule has 0 spiro atoms. The average Bonchev–Trinajstić information content (AvgIpc) is 1.84. The van der Waals surface area contributed by atoms with Crippen LogP contribution in [0.15, 0.2) is 0 Å². The van der Waals surface area contributed by atoms with Crippen molar-refractivity contribution in [3.05, 3.63) is 0 Å². The lowest BCUT2D eigenvalue weighted by molar-refractivity contribution is -0.136. The van der Waals surface area contributed by atoms with E-state index in [4.69, 9.17) is 5.11 Å². The molecule has 0 saturated heterocycles. The predicted octanol–water partition coefficient (Wildman–Crippen LogP) is 2.25. The number of rotatable bonds is 3. The van der Waals surface area contributed by atoms with E-state index in [1.165, 1.54) is 0 Å². The topological polar surface area (TPSA) is 37.3 Å². The molecule has 0 radical (unpaired) electrons. The van der Waals surface area contributed by atoms with Gasteiger partial charge in [0.15, 0.2) is 0 Å². The molecule has 0 aromatic heterocycles. The molecule has 0 aliphatic heterocycles. The zero-order valence-corrected chi connectivity index (χ0v) is 9.02. The number of alkyl halides is 2. The lowest BCUT2D eigenvalue weighted by Gasteiger charge is -2.15. The van der Waals surface area contributed by atoms with Crippen molar-refractivity contribution in [3.8, 4) is 0 Å². The Morgan fingerprint density at radius 1 is 1.40 bits per heavy atom. The molecule has 0 aromatic carbocycles. The van der Waals surface area contributed by atoms with Crippen LogP contribution in [0.3, 0.4) is 0 Å². The van der Waals surface area contributed by atoms with Crippen molar-refractivity contribution in [2.75, 3.05) is 0 Å². The van der Waals surface area contributed by atoms with Crippen LogP contribution in [0.1, 0.15) is 13.8 Å². The van der Waals surface area contributed by atoms with Crippen molar-refractivity contribution in [3.63, 3.8) is 0 Å². The molecule has 0 aliphatic rings. The molecule has 0 aliphatic carbocycles. The summed E-state index contributed by atoms with van der Waals surface area (Å²) in [5.74, 6) is -0.504. The molecule has 1 N–H and O–H groups in total. The van der Waals surface area contributed by atoms with Crippen LogP contribution in [-0.4, -0.2) is 20.7 Å². The normalized spacial score (nSPS) is 16.9. The second-order valence-electron chi connectivity index (χ2n) is 2.43. The van der Waals surface area contributed by atoms with Crippen LogP contribution < -0.4 is 0 Å². The summed E-state index contributed by atoms with van der Waals surface area (Å²) in [6, 6.07) is 0. The van der Waals surface area contributed by atoms with Crippen LogP contribution in [0, 0.1) is 5.92 Å². The molecule has 0 aromatic rings. The third kappa shape index (κ3) is 3.01. The lowest BCUT2D eigenvalue weighted by atomic mass is 10.1. The zero-order chi connectivity index (χ0) is 8.31. The van der Waals surface area contributed by atoms with Gasteiger partial charge in [0.1, 0.15) is 4.83 Å². The van der Waals surface area contributed by atoms with Gasteiger partial charge >= 0.3 is 5.97 Å². The van der Waals surface area contributed by atoms with Gasteiger partial charge in [0.25, 0.3) is 0 Å². The van der Waals surface area contributed by atoms with E-state index in [1.54, 1.807) is 0 Å². The van der Waals surface area contributed by atoms with Crippen molar-refractivity contribution in [2.24, 2.45) is 5.92 Å². The molecule has 2 unspecified atom stereocenters. The van der Waals surface area contributed by atoms with Gasteiger partial charge in [0, 0.05) is 4.83 Å². The molecule has 2 atom stereocenters. The highest BCUT2D eigenvalue weighted by Gasteiger charge is 2.24. The van der Waals surface area contributed by atoms with Crippen molar-refractivity contribution in [1.82, 2.24) is 0 Å². The van der Waals surface area contributed by atoms with Gasteiger partial charge in [-0.05, 0) is 5.92 Å². The molecule has 0 bridgehead atoms. The van der Waals surface area contributed by atoms with Crippen LogP contribution in [0.5, 0.6) is 0 Å². The average molecular weight is 274 g/mol. The maximum atomic E-state index is 10.4. The minimum absolute atomic E-state index is 0.00926. The van der Waals surface area contributed by atoms with E-state index >= 15 is 0 Å². The highest BCUT2D eigenvalue weighted by atomic mass is 79.9. The molecule has 10 heavy (non-hydrogen) atoms. The van der Waals surface area contributed by atoms with Crippen molar-refractivity contribution >= 4 is 37.8 Å². The van der Waals surface area contributed by atoms with Gasteiger partial charge in [-0.15, -0.1) is 0 Å². The van der Waals surface area contributed by atoms with Gasteiger partial charge in [-0.3, -0.25) is 4.79 Å². The van der Waals surface area contributed by atoms with Crippen LogP contribution in [0.25, 0.3) is 0 Å². The van der Waals surface area contributed by atoms with Crippen LogP contribution in [0.2, 0.25) is 0 Å². The van der Waals surface area contributed by atoms with Crippen LogP contribution in [0.4, 0.5) is 0 Å².